The third-order valence-electron chi connectivity index (χ3n) is 2.93. The largest absolute Gasteiger partial charge is 0.456 e. The van der Waals surface area contributed by atoms with Crippen molar-refractivity contribution < 1.29 is 4.74 Å². The van der Waals surface area contributed by atoms with E-state index in [9.17, 15) is 0 Å². The van der Waals surface area contributed by atoms with Crippen molar-refractivity contribution in [2.45, 2.75) is 13.8 Å². The highest BCUT2D eigenvalue weighted by molar-refractivity contribution is 7.80. The van der Waals surface area contributed by atoms with Gasteiger partial charge in [-0.25, -0.2) is 0 Å². The van der Waals surface area contributed by atoms with E-state index in [4.69, 9.17) is 22.7 Å². The maximum absolute atomic E-state index is 5.91. The van der Waals surface area contributed by atoms with Crippen molar-refractivity contribution >= 4 is 17.2 Å². The molecule has 0 unspecified atom stereocenters. The van der Waals surface area contributed by atoms with Gasteiger partial charge in [-0.1, -0.05) is 36.5 Å². The predicted octanol–water partition coefficient (Wildman–Crippen LogP) is 3.73. The van der Waals surface area contributed by atoms with Crippen LogP contribution in [0.25, 0.3) is 0 Å². The van der Waals surface area contributed by atoms with Gasteiger partial charge in [0.05, 0.1) is 5.56 Å². The lowest BCUT2D eigenvalue weighted by Crippen LogP contribution is -2.10. The standard InChI is InChI=1S/C15H15NOS/c1-10-6-5-9-13(11(10)2)17-14-8-4-3-7-12(14)15(16)18/h3-9H,1-2H3,(H2,16,18). The van der Waals surface area contributed by atoms with Gasteiger partial charge in [-0.15, -0.1) is 0 Å². The van der Waals surface area contributed by atoms with Crippen molar-refractivity contribution in [3.63, 3.8) is 0 Å². The van der Waals surface area contributed by atoms with Crippen molar-refractivity contribution in [1.29, 1.82) is 0 Å². The molecule has 0 amide bonds. The molecule has 0 bridgehead atoms. The van der Waals surface area contributed by atoms with Gasteiger partial charge < -0.3 is 10.5 Å². The van der Waals surface area contributed by atoms with Crippen LogP contribution < -0.4 is 10.5 Å². The summed E-state index contributed by atoms with van der Waals surface area (Å²) >= 11 is 5.02. The molecule has 0 radical (unpaired) electrons. The first-order chi connectivity index (χ1) is 8.59. The molecule has 0 aromatic heterocycles. The van der Waals surface area contributed by atoms with E-state index in [1.54, 1.807) is 0 Å². The lowest BCUT2D eigenvalue weighted by atomic mass is 10.1. The normalized spacial score (nSPS) is 10.1. The number of aryl methyl sites for hydroxylation is 1. The van der Waals surface area contributed by atoms with E-state index in [1.807, 2.05) is 43.3 Å². The minimum absolute atomic E-state index is 0.343. The summed E-state index contributed by atoms with van der Waals surface area (Å²) in [4.78, 5) is 0.343. The van der Waals surface area contributed by atoms with Crippen molar-refractivity contribution in [3.05, 3.63) is 59.2 Å². The Bertz CT molecular complexity index is 593. The van der Waals surface area contributed by atoms with Crippen molar-refractivity contribution in [3.8, 4) is 11.5 Å². The zero-order valence-corrected chi connectivity index (χ0v) is 11.3. The second-order valence-electron chi connectivity index (χ2n) is 4.16. The number of ether oxygens (including phenoxy) is 1. The van der Waals surface area contributed by atoms with Gasteiger partial charge in [0.15, 0.2) is 0 Å². The Morgan fingerprint density at radius 3 is 2.39 bits per heavy atom. The van der Waals surface area contributed by atoms with Crippen LogP contribution in [0.4, 0.5) is 0 Å². The zero-order chi connectivity index (χ0) is 13.1. The average molecular weight is 257 g/mol. The van der Waals surface area contributed by atoms with Gasteiger partial charge in [0.25, 0.3) is 0 Å². The molecule has 0 fully saturated rings. The van der Waals surface area contributed by atoms with Crippen molar-refractivity contribution in [2.75, 3.05) is 0 Å². The van der Waals surface area contributed by atoms with Crippen LogP contribution in [0.2, 0.25) is 0 Å². The van der Waals surface area contributed by atoms with Crippen LogP contribution in [0, 0.1) is 13.8 Å². The molecule has 92 valence electrons. The zero-order valence-electron chi connectivity index (χ0n) is 10.4. The lowest BCUT2D eigenvalue weighted by molar-refractivity contribution is 0.477. The van der Waals surface area contributed by atoms with Gasteiger partial charge in [-0.3, -0.25) is 0 Å². The molecule has 0 spiro atoms. The minimum Gasteiger partial charge on any atom is -0.456 e. The fourth-order valence-electron chi connectivity index (χ4n) is 1.71. The smallest absolute Gasteiger partial charge is 0.137 e. The van der Waals surface area contributed by atoms with Gasteiger partial charge in [0.2, 0.25) is 0 Å². The molecule has 18 heavy (non-hydrogen) atoms. The Kier molecular flexibility index (Phi) is 3.63. The first-order valence-electron chi connectivity index (χ1n) is 5.72. The molecule has 0 aliphatic heterocycles. The van der Waals surface area contributed by atoms with Crippen LogP contribution in [0.5, 0.6) is 11.5 Å². The average Bonchev–Trinajstić information content (AvgIpc) is 2.35. The van der Waals surface area contributed by atoms with Crippen LogP contribution in [0.3, 0.4) is 0 Å². The Morgan fingerprint density at radius 1 is 1.00 bits per heavy atom. The van der Waals surface area contributed by atoms with Crippen LogP contribution in [-0.4, -0.2) is 4.99 Å². The third kappa shape index (κ3) is 2.51. The SMILES string of the molecule is Cc1cccc(Oc2ccccc2C(N)=S)c1C. The Balaban J connectivity index is 2.40. The number of hydrogen-bond acceptors (Lipinski definition) is 2. The Morgan fingerprint density at radius 2 is 1.67 bits per heavy atom. The summed E-state index contributed by atoms with van der Waals surface area (Å²) in [6, 6.07) is 13.5. The minimum atomic E-state index is 0.343. The molecule has 3 heteroatoms. The molecule has 2 aromatic rings. The number of para-hydroxylation sites is 1. The molecule has 0 saturated heterocycles. The van der Waals surface area contributed by atoms with Gasteiger partial charge in [0.1, 0.15) is 16.5 Å². The van der Waals surface area contributed by atoms with E-state index < -0.39 is 0 Å². The summed E-state index contributed by atoms with van der Waals surface area (Å²) in [7, 11) is 0. The second kappa shape index (κ2) is 5.19. The van der Waals surface area contributed by atoms with Gasteiger partial charge in [-0.2, -0.15) is 0 Å². The van der Waals surface area contributed by atoms with Crippen LogP contribution >= 0.6 is 12.2 Å². The van der Waals surface area contributed by atoms with E-state index in [-0.39, 0.29) is 0 Å². The summed E-state index contributed by atoms with van der Waals surface area (Å²) in [6.45, 7) is 4.09. The van der Waals surface area contributed by atoms with E-state index >= 15 is 0 Å². The van der Waals surface area contributed by atoms with E-state index in [2.05, 4.69) is 13.0 Å². The molecule has 2 N–H and O–H groups in total. The Hall–Kier alpha value is -1.87. The highest BCUT2D eigenvalue weighted by Gasteiger charge is 2.08. The first-order valence-corrected chi connectivity index (χ1v) is 6.13. The molecular formula is C15H15NOS. The number of rotatable bonds is 3. The molecule has 0 saturated carbocycles. The number of thiocarbonyl (C=S) groups is 1. The number of benzene rings is 2. The van der Waals surface area contributed by atoms with Crippen LogP contribution in [0.1, 0.15) is 16.7 Å². The number of nitrogens with two attached hydrogens (primary N) is 1. The molecule has 2 aromatic carbocycles. The monoisotopic (exact) mass is 257 g/mol. The van der Waals surface area contributed by atoms with Gasteiger partial charge >= 0.3 is 0 Å². The quantitative estimate of drug-likeness (QED) is 0.851. The second-order valence-corrected chi connectivity index (χ2v) is 4.60. The van der Waals surface area contributed by atoms with Crippen molar-refractivity contribution in [2.24, 2.45) is 5.73 Å². The molecule has 0 atom stereocenters. The van der Waals surface area contributed by atoms with E-state index in [0.29, 0.717) is 10.7 Å². The molecule has 2 rings (SSSR count). The van der Waals surface area contributed by atoms with Gasteiger partial charge in [-0.05, 0) is 43.2 Å². The van der Waals surface area contributed by atoms with Crippen molar-refractivity contribution in [1.82, 2.24) is 0 Å². The third-order valence-corrected chi connectivity index (χ3v) is 3.15. The summed E-state index contributed by atoms with van der Waals surface area (Å²) in [5.41, 5.74) is 8.76. The lowest BCUT2D eigenvalue weighted by Gasteiger charge is -2.13. The predicted molar refractivity (Wildman–Crippen MR) is 78.3 cm³/mol. The molecule has 0 aliphatic carbocycles. The summed E-state index contributed by atoms with van der Waals surface area (Å²) in [5.74, 6) is 1.53. The topological polar surface area (TPSA) is 35.2 Å². The van der Waals surface area contributed by atoms with E-state index in [1.165, 1.54) is 5.56 Å². The summed E-state index contributed by atoms with van der Waals surface area (Å²) < 4.78 is 5.91. The molecule has 0 heterocycles. The van der Waals surface area contributed by atoms with Crippen LogP contribution in [0.15, 0.2) is 42.5 Å². The maximum atomic E-state index is 5.91. The first kappa shape index (κ1) is 12.6. The fraction of sp³-hybridized carbons (Fsp3) is 0.133. The van der Waals surface area contributed by atoms with E-state index in [0.717, 1.165) is 16.9 Å². The molecule has 0 aliphatic rings. The van der Waals surface area contributed by atoms with Crippen LogP contribution in [-0.2, 0) is 0 Å². The highest BCUT2D eigenvalue weighted by Crippen LogP contribution is 2.29. The van der Waals surface area contributed by atoms with Gasteiger partial charge in [0, 0.05) is 0 Å². The molecular weight excluding hydrogens is 242 g/mol. The maximum Gasteiger partial charge on any atom is 0.137 e. The Labute approximate surface area is 112 Å². The molecule has 2 nitrogen and oxygen atoms in total. The summed E-state index contributed by atoms with van der Waals surface area (Å²) in [6.07, 6.45) is 0. The highest BCUT2D eigenvalue weighted by atomic mass is 32.1. The summed E-state index contributed by atoms with van der Waals surface area (Å²) in [5, 5.41) is 0. The fourth-order valence-corrected chi connectivity index (χ4v) is 1.88. The number of hydrogen-bond donors (Lipinski definition) is 1.